The Kier molecular flexibility index (Phi) is 6.47. The van der Waals surface area contributed by atoms with Gasteiger partial charge in [-0.25, -0.2) is 9.59 Å². The molecule has 6 heteroatoms. The van der Waals surface area contributed by atoms with E-state index in [0.717, 1.165) is 5.56 Å². The predicted molar refractivity (Wildman–Crippen MR) is 113 cm³/mol. The number of aromatic carboxylic acids is 1. The van der Waals surface area contributed by atoms with E-state index in [4.69, 9.17) is 9.84 Å². The third-order valence-corrected chi connectivity index (χ3v) is 4.93. The first kappa shape index (κ1) is 21.0. The van der Waals surface area contributed by atoms with Crippen LogP contribution in [0.15, 0.2) is 71.4 Å². The third-order valence-electron chi connectivity index (χ3n) is 4.93. The third kappa shape index (κ3) is 4.49. The molecular formula is C24H23NO5. The van der Waals surface area contributed by atoms with Crippen molar-refractivity contribution in [3.63, 3.8) is 0 Å². The van der Waals surface area contributed by atoms with Crippen LogP contribution in [0.4, 0.5) is 0 Å². The molecule has 0 saturated heterocycles. The molecule has 6 nitrogen and oxygen atoms in total. The average Bonchev–Trinajstić information content (AvgIpc) is 2.97. The SMILES string of the molecule is CCOC(=O)C1=C(C)N(CCc2ccccc2)C(=O)/C1=C\c1ccc(C(=O)O)cc1. The van der Waals surface area contributed by atoms with E-state index in [-0.39, 0.29) is 29.2 Å². The summed E-state index contributed by atoms with van der Waals surface area (Å²) < 4.78 is 5.18. The number of benzene rings is 2. The number of ether oxygens (including phenoxy) is 1. The Labute approximate surface area is 175 Å². The van der Waals surface area contributed by atoms with Crippen molar-refractivity contribution in [2.45, 2.75) is 20.3 Å². The summed E-state index contributed by atoms with van der Waals surface area (Å²) in [6.07, 6.45) is 2.26. The van der Waals surface area contributed by atoms with Crippen molar-refractivity contribution in [3.05, 3.63) is 88.1 Å². The molecule has 0 saturated carbocycles. The maximum Gasteiger partial charge on any atom is 0.340 e. The number of allylic oxidation sites excluding steroid dienone is 1. The Bertz CT molecular complexity index is 1020. The molecule has 30 heavy (non-hydrogen) atoms. The minimum absolute atomic E-state index is 0.150. The van der Waals surface area contributed by atoms with Gasteiger partial charge in [0.1, 0.15) is 0 Å². The van der Waals surface area contributed by atoms with Crippen LogP contribution in [0.1, 0.15) is 35.3 Å². The van der Waals surface area contributed by atoms with E-state index < -0.39 is 11.9 Å². The summed E-state index contributed by atoms with van der Waals surface area (Å²) in [5, 5.41) is 9.05. The van der Waals surface area contributed by atoms with Gasteiger partial charge in [0.25, 0.3) is 5.91 Å². The molecule has 0 aliphatic carbocycles. The molecule has 154 valence electrons. The average molecular weight is 405 g/mol. The van der Waals surface area contributed by atoms with Crippen LogP contribution >= 0.6 is 0 Å². The second kappa shape index (κ2) is 9.22. The summed E-state index contributed by atoms with van der Waals surface area (Å²) in [4.78, 5) is 38.4. The van der Waals surface area contributed by atoms with Crippen LogP contribution in [-0.4, -0.2) is 41.0 Å². The summed E-state index contributed by atoms with van der Waals surface area (Å²) in [6, 6.07) is 15.9. The molecule has 0 bridgehead atoms. The number of rotatable bonds is 7. The summed E-state index contributed by atoms with van der Waals surface area (Å²) in [6.45, 7) is 4.09. The van der Waals surface area contributed by atoms with Gasteiger partial charge in [-0.2, -0.15) is 0 Å². The number of amides is 1. The topological polar surface area (TPSA) is 83.9 Å². The molecule has 1 aliphatic heterocycles. The standard InChI is InChI=1S/C24H23NO5/c1-3-30-24(29)21-16(2)25(14-13-17-7-5-4-6-8-17)22(26)20(21)15-18-9-11-19(12-10-18)23(27)28/h4-12,15H,3,13-14H2,1-2H3,(H,27,28)/b20-15-. The lowest BCUT2D eigenvalue weighted by Crippen LogP contribution is -2.27. The van der Waals surface area contributed by atoms with E-state index in [0.29, 0.717) is 24.2 Å². The predicted octanol–water partition coefficient (Wildman–Crippen LogP) is 3.69. The Morgan fingerprint density at radius 3 is 2.33 bits per heavy atom. The number of carbonyl (C=O) groups is 3. The van der Waals surface area contributed by atoms with Crippen molar-refractivity contribution in [2.24, 2.45) is 0 Å². The van der Waals surface area contributed by atoms with Gasteiger partial charge in [-0.05, 0) is 49.6 Å². The number of hydrogen-bond acceptors (Lipinski definition) is 4. The van der Waals surface area contributed by atoms with E-state index in [2.05, 4.69) is 0 Å². The van der Waals surface area contributed by atoms with Gasteiger partial charge < -0.3 is 14.7 Å². The molecule has 1 amide bonds. The van der Waals surface area contributed by atoms with E-state index in [1.165, 1.54) is 12.1 Å². The fraction of sp³-hybridized carbons (Fsp3) is 0.208. The molecule has 2 aromatic rings. The Morgan fingerprint density at radius 1 is 1.07 bits per heavy atom. The largest absolute Gasteiger partial charge is 0.478 e. The zero-order valence-electron chi connectivity index (χ0n) is 16.9. The normalized spacial score (nSPS) is 15.1. The van der Waals surface area contributed by atoms with Crippen molar-refractivity contribution in [2.75, 3.05) is 13.2 Å². The monoisotopic (exact) mass is 405 g/mol. The van der Waals surface area contributed by atoms with Gasteiger partial charge in [-0.1, -0.05) is 42.5 Å². The van der Waals surface area contributed by atoms with Crippen LogP contribution in [0, 0.1) is 0 Å². The lowest BCUT2D eigenvalue weighted by Gasteiger charge is -2.17. The fourth-order valence-electron chi connectivity index (χ4n) is 3.37. The number of carboxylic acid groups (broad SMARTS) is 1. The molecule has 2 aromatic carbocycles. The van der Waals surface area contributed by atoms with E-state index in [1.807, 2.05) is 30.3 Å². The Morgan fingerprint density at radius 2 is 1.73 bits per heavy atom. The van der Waals surface area contributed by atoms with Crippen LogP contribution in [0.25, 0.3) is 6.08 Å². The molecule has 1 N–H and O–H groups in total. The molecule has 0 spiro atoms. The van der Waals surface area contributed by atoms with Crippen LogP contribution in [0.2, 0.25) is 0 Å². The summed E-state index contributed by atoms with van der Waals surface area (Å²) in [5.41, 5.74) is 2.93. The van der Waals surface area contributed by atoms with Crippen LogP contribution in [-0.2, 0) is 20.7 Å². The minimum atomic E-state index is -1.03. The van der Waals surface area contributed by atoms with Gasteiger partial charge in [-0.3, -0.25) is 4.79 Å². The lowest BCUT2D eigenvalue weighted by molar-refractivity contribution is -0.138. The smallest absolute Gasteiger partial charge is 0.340 e. The molecule has 0 unspecified atom stereocenters. The molecule has 0 atom stereocenters. The molecule has 3 rings (SSSR count). The maximum atomic E-state index is 13.1. The first-order valence-corrected chi connectivity index (χ1v) is 9.71. The summed E-state index contributed by atoms with van der Waals surface area (Å²) >= 11 is 0. The Balaban J connectivity index is 1.93. The first-order valence-electron chi connectivity index (χ1n) is 9.71. The van der Waals surface area contributed by atoms with Gasteiger partial charge in [0.2, 0.25) is 0 Å². The summed E-state index contributed by atoms with van der Waals surface area (Å²) in [7, 11) is 0. The van der Waals surface area contributed by atoms with Gasteiger partial charge >= 0.3 is 11.9 Å². The second-order valence-corrected chi connectivity index (χ2v) is 6.86. The highest BCUT2D eigenvalue weighted by Crippen LogP contribution is 2.32. The molecule has 1 aliphatic rings. The highest BCUT2D eigenvalue weighted by atomic mass is 16.5. The lowest BCUT2D eigenvalue weighted by atomic mass is 10.0. The van der Waals surface area contributed by atoms with Crippen LogP contribution in [0.5, 0.6) is 0 Å². The number of carboxylic acids is 1. The van der Waals surface area contributed by atoms with Gasteiger partial charge in [0.15, 0.2) is 0 Å². The van der Waals surface area contributed by atoms with Crippen LogP contribution in [0.3, 0.4) is 0 Å². The van der Waals surface area contributed by atoms with Crippen molar-refractivity contribution in [3.8, 4) is 0 Å². The van der Waals surface area contributed by atoms with Crippen molar-refractivity contribution in [1.29, 1.82) is 0 Å². The van der Waals surface area contributed by atoms with Gasteiger partial charge in [0.05, 0.1) is 23.3 Å². The quantitative estimate of drug-likeness (QED) is 0.561. The zero-order valence-corrected chi connectivity index (χ0v) is 16.9. The summed E-state index contributed by atoms with van der Waals surface area (Å²) in [5.74, 6) is -1.84. The van der Waals surface area contributed by atoms with Crippen molar-refractivity contribution < 1.29 is 24.2 Å². The van der Waals surface area contributed by atoms with Crippen LogP contribution < -0.4 is 0 Å². The van der Waals surface area contributed by atoms with E-state index in [1.54, 1.807) is 37.0 Å². The number of esters is 1. The fourth-order valence-corrected chi connectivity index (χ4v) is 3.37. The van der Waals surface area contributed by atoms with Gasteiger partial charge in [-0.15, -0.1) is 0 Å². The van der Waals surface area contributed by atoms with Crippen molar-refractivity contribution >= 4 is 23.9 Å². The minimum Gasteiger partial charge on any atom is -0.478 e. The maximum absolute atomic E-state index is 13.1. The highest BCUT2D eigenvalue weighted by Gasteiger charge is 2.36. The number of nitrogens with zero attached hydrogens (tertiary/aromatic N) is 1. The van der Waals surface area contributed by atoms with Crippen molar-refractivity contribution in [1.82, 2.24) is 4.90 Å². The highest BCUT2D eigenvalue weighted by molar-refractivity contribution is 6.16. The van der Waals surface area contributed by atoms with E-state index in [9.17, 15) is 14.4 Å². The molecule has 0 radical (unpaired) electrons. The molecule has 1 heterocycles. The second-order valence-electron chi connectivity index (χ2n) is 6.86. The molecule has 0 aromatic heterocycles. The van der Waals surface area contributed by atoms with Gasteiger partial charge in [0, 0.05) is 12.2 Å². The number of hydrogen-bond donors (Lipinski definition) is 1. The van der Waals surface area contributed by atoms with E-state index >= 15 is 0 Å². The molecule has 0 fully saturated rings. The number of carbonyl (C=O) groups excluding carboxylic acids is 2. The Hall–Kier alpha value is -3.67. The molecular weight excluding hydrogens is 382 g/mol. The first-order chi connectivity index (χ1) is 14.4. The zero-order chi connectivity index (χ0) is 21.7.